The van der Waals surface area contributed by atoms with E-state index in [0.717, 1.165) is 30.3 Å². The zero-order valence-corrected chi connectivity index (χ0v) is 13.8. The summed E-state index contributed by atoms with van der Waals surface area (Å²) in [4.78, 5) is 7.26. The molecule has 1 aliphatic heterocycles. The van der Waals surface area contributed by atoms with Crippen LogP contribution in [0.25, 0.3) is 10.9 Å². The largest absolute Gasteiger partial charge is 0.356 e. The van der Waals surface area contributed by atoms with Crippen molar-refractivity contribution < 1.29 is 0 Å². The molecule has 0 N–H and O–H groups in total. The van der Waals surface area contributed by atoms with Crippen molar-refractivity contribution in [2.75, 3.05) is 18.0 Å². The normalized spacial score (nSPS) is 19.4. The molecule has 3 heteroatoms. The van der Waals surface area contributed by atoms with E-state index < -0.39 is 0 Å². The SMILES string of the molecule is CC(C)(C)C1CCN(c2cc(CCl)c3ccccc3n2)C1. The van der Waals surface area contributed by atoms with Gasteiger partial charge in [-0.3, -0.25) is 0 Å². The van der Waals surface area contributed by atoms with Gasteiger partial charge in [-0.05, 0) is 35.4 Å². The van der Waals surface area contributed by atoms with Crippen LogP contribution in [-0.2, 0) is 5.88 Å². The highest BCUT2D eigenvalue weighted by Gasteiger charge is 2.32. The van der Waals surface area contributed by atoms with Crippen molar-refractivity contribution in [3.8, 4) is 0 Å². The minimum absolute atomic E-state index is 0.362. The van der Waals surface area contributed by atoms with Crippen LogP contribution >= 0.6 is 11.6 Å². The molecule has 1 aliphatic rings. The number of hydrogen-bond donors (Lipinski definition) is 0. The lowest BCUT2D eigenvalue weighted by Crippen LogP contribution is -2.26. The second-order valence-electron chi connectivity index (χ2n) is 7.09. The Bertz CT molecular complexity index is 645. The lowest BCUT2D eigenvalue weighted by molar-refractivity contribution is 0.263. The number of hydrogen-bond acceptors (Lipinski definition) is 2. The van der Waals surface area contributed by atoms with Crippen LogP contribution in [0.2, 0.25) is 0 Å². The lowest BCUT2D eigenvalue weighted by Gasteiger charge is -2.27. The van der Waals surface area contributed by atoms with Gasteiger partial charge in [-0.15, -0.1) is 11.6 Å². The highest BCUT2D eigenvalue weighted by Crippen LogP contribution is 2.36. The predicted octanol–water partition coefficient (Wildman–Crippen LogP) is 4.85. The summed E-state index contributed by atoms with van der Waals surface area (Å²) in [6.07, 6.45) is 1.24. The standard InChI is InChI=1S/C18H23ClN2/c1-18(2,3)14-8-9-21(12-14)17-10-13(11-19)15-6-4-5-7-16(15)20-17/h4-7,10,14H,8-9,11-12H2,1-3H3. The van der Waals surface area contributed by atoms with Crippen LogP contribution in [0.5, 0.6) is 0 Å². The van der Waals surface area contributed by atoms with Gasteiger partial charge >= 0.3 is 0 Å². The van der Waals surface area contributed by atoms with E-state index in [2.05, 4.69) is 43.9 Å². The number of alkyl halides is 1. The molecule has 1 fully saturated rings. The molecule has 1 saturated heterocycles. The summed E-state index contributed by atoms with van der Waals surface area (Å²) >= 11 is 6.14. The maximum atomic E-state index is 6.14. The zero-order valence-electron chi connectivity index (χ0n) is 13.1. The molecular weight excluding hydrogens is 280 g/mol. The molecule has 2 nitrogen and oxygen atoms in total. The Labute approximate surface area is 132 Å². The molecule has 112 valence electrons. The topological polar surface area (TPSA) is 16.1 Å². The number of nitrogens with zero attached hydrogens (tertiary/aromatic N) is 2. The van der Waals surface area contributed by atoms with Gasteiger partial charge in [0.15, 0.2) is 0 Å². The number of pyridine rings is 1. The van der Waals surface area contributed by atoms with Crippen LogP contribution < -0.4 is 4.90 Å². The maximum Gasteiger partial charge on any atom is 0.129 e. The van der Waals surface area contributed by atoms with Gasteiger partial charge in [0.05, 0.1) is 5.52 Å². The number of para-hydroxylation sites is 1. The second-order valence-corrected chi connectivity index (χ2v) is 7.36. The molecular formula is C18H23ClN2. The number of anilines is 1. The van der Waals surface area contributed by atoms with Gasteiger partial charge < -0.3 is 4.90 Å². The molecule has 1 aromatic heterocycles. The highest BCUT2D eigenvalue weighted by molar-refractivity contribution is 6.18. The van der Waals surface area contributed by atoms with Crippen LogP contribution in [-0.4, -0.2) is 18.1 Å². The first kappa shape index (κ1) is 14.6. The number of fused-ring (bicyclic) bond motifs is 1. The first-order valence-electron chi connectivity index (χ1n) is 7.68. The van der Waals surface area contributed by atoms with Crippen LogP contribution in [0.1, 0.15) is 32.8 Å². The van der Waals surface area contributed by atoms with Gasteiger partial charge in [0.1, 0.15) is 5.82 Å². The molecule has 0 amide bonds. The van der Waals surface area contributed by atoms with Gasteiger partial charge in [0.25, 0.3) is 0 Å². The Morgan fingerprint density at radius 1 is 1.29 bits per heavy atom. The van der Waals surface area contributed by atoms with Crippen molar-refractivity contribution in [2.45, 2.75) is 33.1 Å². The molecule has 0 aliphatic carbocycles. The minimum atomic E-state index is 0.362. The van der Waals surface area contributed by atoms with Crippen molar-refractivity contribution in [3.63, 3.8) is 0 Å². The first-order valence-corrected chi connectivity index (χ1v) is 8.22. The van der Waals surface area contributed by atoms with E-state index in [-0.39, 0.29) is 0 Å². The van der Waals surface area contributed by atoms with Crippen molar-refractivity contribution in [1.29, 1.82) is 0 Å². The second kappa shape index (κ2) is 5.49. The Morgan fingerprint density at radius 3 is 2.71 bits per heavy atom. The summed E-state index contributed by atoms with van der Waals surface area (Å²) in [7, 11) is 0. The molecule has 0 radical (unpaired) electrons. The molecule has 0 bridgehead atoms. The maximum absolute atomic E-state index is 6.14. The monoisotopic (exact) mass is 302 g/mol. The van der Waals surface area contributed by atoms with Gasteiger partial charge in [-0.2, -0.15) is 0 Å². The first-order chi connectivity index (χ1) is 9.99. The molecule has 1 aromatic carbocycles. The number of aromatic nitrogens is 1. The Morgan fingerprint density at radius 2 is 2.05 bits per heavy atom. The molecule has 1 atom stereocenters. The molecule has 0 spiro atoms. The summed E-state index contributed by atoms with van der Waals surface area (Å²) in [6, 6.07) is 10.4. The zero-order chi connectivity index (χ0) is 15.0. The summed E-state index contributed by atoms with van der Waals surface area (Å²) in [5.74, 6) is 2.34. The van der Waals surface area contributed by atoms with Crippen LogP contribution in [0, 0.1) is 11.3 Å². The van der Waals surface area contributed by atoms with Crippen molar-refractivity contribution >= 4 is 28.3 Å². The molecule has 3 rings (SSSR count). The van der Waals surface area contributed by atoms with E-state index in [1.807, 2.05) is 12.1 Å². The third kappa shape index (κ3) is 2.87. The van der Waals surface area contributed by atoms with E-state index in [9.17, 15) is 0 Å². The average molecular weight is 303 g/mol. The average Bonchev–Trinajstić information content (AvgIpc) is 2.96. The predicted molar refractivity (Wildman–Crippen MR) is 91.1 cm³/mol. The van der Waals surface area contributed by atoms with Gasteiger partial charge in [0.2, 0.25) is 0 Å². The quantitative estimate of drug-likeness (QED) is 0.738. The highest BCUT2D eigenvalue weighted by atomic mass is 35.5. The molecule has 21 heavy (non-hydrogen) atoms. The van der Waals surface area contributed by atoms with E-state index in [1.165, 1.54) is 17.4 Å². The lowest BCUT2D eigenvalue weighted by atomic mass is 9.80. The van der Waals surface area contributed by atoms with E-state index in [0.29, 0.717) is 11.3 Å². The van der Waals surface area contributed by atoms with Gasteiger partial charge in [-0.1, -0.05) is 39.0 Å². The van der Waals surface area contributed by atoms with E-state index in [4.69, 9.17) is 16.6 Å². The van der Waals surface area contributed by atoms with Crippen LogP contribution in [0.15, 0.2) is 30.3 Å². The van der Waals surface area contributed by atoms with Crippen molar-refractivity contribution in [1.82, 2.24) is 4.98 Å². The third-order valence-electron chi connectivity index (χ3n) is 4.67. The van der Waals surface area contributed by atoms with Gasteiger partial charge in [0, 0.05) is 24.4 Å². The fourth-order valence-electron chi connectivity index (χ4n) is 3.18. The summed E-state index contributed by atoms with van der Waals surface area (Å²) in [6.45, 7) is 9.18. The third-order valence-corrected chi connectivity index (χ3v) is 4.96. The van der Waals surface area contributed by atoms with E-state index in [1.54, 1.807) is 0 Å². The Balaban J connectivity index is 1.95. The molecule has 0 saturated carbocycles. The van der Waals surface area contributed by atoms with Gasteiger partial charge in [-0.25, -0.2) is 4.98 Å². The smallest absolute Gasteiger partial charge is 0.129 e. The molecule has 2 heterocycles. The summed E-state index contributed by atoms with van der Waals surface area (Å²) < 4.78 is 0. The van der Waals surface area contributed by atoms with Crippen molar-refractivity contribution in [2.24, 2.45) is 11.3 Å². The fraction of sp³-hybridized carbons (Fsp3) is 0.500. The molecule has 2 aromatic rings. The van der Waals surface area contributed by atoms with Crippen molar-refractivity contribution in [3.05, 3.63) is 35.9 Å². The Kier molecular flexibility index (Phi) is 3.83. The van der Waals surface area contributed by atoms with Crippen LogP contribution in [0.4, 0.5) is 5.82 Å². The summed E-state index contributed by atoms with van der Waals surface area (Å²) in [5, 5.41) is 1.17. The summed E-state index contributed by atoms with van der Waals surface area (Å²) in [5.41, 5.74) is 2.59. The minimum Gasteiger partial charge on any atom is -0.356 e. The van der Waals surface area contributed by atoms with Crippen LogP contribution in [0.3, 0.4) is 0 Å². The van der Waals surface area contributed by atoms with E-state index >= 15 is 0 Å². The number of rotatable bonds is 2. The number of benzene rings is 1. The number of halogens is 1. The molecule has 1 unspecified atom stereocenters. The Hall–Kier alpha value is -1.28. The fourth-order valence-corrected chi connectivity index (χ4v) is 3.40.